The number of rotatable bonds is 3. The normalized spacial score (nSPS) is 10.3. The Labute approximate surface area is 126 Å². The highest BCUT2D eigenvalue weighted by atomic mass is 35.5. The zero-order chi connectivity index (χ0) is 14.7. The van der Waals surface area contributed by atoms with Crippen LogP contribution >= 0.6 is 11.6 Å². The van der Waals surface area contributed by atoms with E-state index in [0.717, 1.165) is 11.1 Å². The fraction of sp³-hybridized carbons (Fsp3) is 0.0667. The van der Waals surface area contributed by atoms with Gasteiger partial charge in [0.15, 0.2) is 5.69 Å². The molecule has 0 bridgehead atoms. The predicted molar refractivity (Wildman–Crippen MR) is 78.5 cm³/mol. The molecule has 0 fully saturated rings. The third kappa shape index (κ3) is 2.76. The van der Waals surface area contributed by atoms with E-state index in [1.165, 1.54) is 0 Å². The van der Waals surface area contributed by atoms with Crippen LogP contribution in [0.25, 0.3) is 11.3 Å². The zero-order valence-electron chi connectivity index (χ0n) is 10.9. The molecule has 0 saturated heterocycles. The molecule has 0 unspecified atom stereocenters. The number of hydrogen-bond donors (Lipinski definition) is 0. The van der Waals surface area contributed by atoms with Crippen molar-refractivity contribution < 1.29 is 0 Å². The Bertz CT molecular complexity index is 787. The first kappa shape index (κ1) is 13.3. The van der Waals surface area contributed by atoms with Crippen molar-refractivity contribution in [1.29, 1.82) is 5.26 Å². The van der Waals surface area contributed by atoms with E-state index in [0.29, 0.717) is 23.0 Å². The molecule has 2 heterocycles. The van der Waals surface area contributed by atoms with Crippen molar-refractivity contribution in [2.45, 2.75) is 6.54 Å². The lowest BCUT2D eigenvalue weighted by Gasteiger charge is -2.07. The lowest BCUT2D eigenvalue weighted by Crippen LogP contribution is -2.04. The molecule has 0 amide bonds. The van der Waals surface area contributed by atoms with E-state index in [4.69, 9.17) is 11.6 Å². The SMILES string of the molecule is N#Cc1nnn(Cc2ccc(Cl)cc2)c1-c1ccncc1. The molecule has 6 heteroatoms. The molecule has 0 radical (unpaired) electrons. The highest BCUT2D eigenvalue weighted by Crippen LogP contribution is 2.22. The van der Waals surface area contributed by atoms with E-state index >= 15 is 0 Å². The molecule has 0 aliphatic heterocycles. The number of aromatic nitrogens is 4. The van der Waals surface area contributed by atoms with Crippen LogP contribution in [0, 0.1) is 11.3 Å². The van der Waals surface area contributed by atoms with E-state index in [1.54, 1.807) is 17.1 Å². The van der Waals surface area contributed by atoms with Gasteiger partial charge in [0.05, 0.1) is 6.54 Å². The molecule has 0 saturated carbocycles. The summed E-state index contributed by atoms with van der Waals surface area (Å²) < 4.78 is 1.71. The van der Waals surface area contributed by atoms with Crippen LogP contribution in [0.3, 0.4) is 0 Å². The minimum atomic E-state index is 0.301. The first-order chi connectivity index (χ1) is 10.3. The molecule has 3 aromatic rings. The zero-order valence-corrected chi connectivity index (χ0v) is 11.7. The Hall–Kier alpha value is -2.71. The molecule has 5 nitrogen and oxygen atoms in total. The van der Waals surface area contributed by atoms with Crippen molar-refractivity contribution in [2.24, 2.45) is 0 Å². The third-order valence-corrected chi connectivity index (χ3v) is 3.29. The first-order valence-electron chi connectivity index (χ1n) is 6.26. The van der Waals surface area contributed by atoms with Gasteiger partial charge in [0.2, 0.25) is 0 Å². The molecule has 0 aliphatic rings. The second-order valence-corrected chi connectivity index (χ2v) is 4.85. The average Bonchev–Trinajstić information content (AvgIpc) is 2.93. The Morgan fingerprint density at radius 2 is 1.81 bits per heavy atom. The van der Waals surface area contributed by atoms with Crippen LogP contribution in [0.1, 0.15) is 11.3 Å². The van der Waals surface area contributed by atoms with Crippen molar-refractivity contribution in [2.75, 3.05) is 0 Å². The average molecular weight is 296 g/mol. The second kappa shape index (κ2) is 5.73. The maximum atomic E-state index is 9.20. The minimum absolute atomic E-state index is 0.301. The minimum Gasteiger partial charge on any atom is -0.265 e. The van der Waals surface area contributed by atoms with Gasteiger partial charge in [-0.15, -0.1) is 5.10 Å². The molecule has 0 atom stereocenters. The van der Waals surface area contributed by atoms with Gasteiger partial charge in [-0.3, -0.25) is 4.98 Å². The number of pyridine rings is 1. The summed E-state index contributed by atoms with van der Waals surface area (Å²) in [4.78, 5) is 3.99. The number of halogens is 1. The van der Waals surface area contributed by atoms with Crippen molar-refractivity contribution in [1.82, 2.24) is 20.0 Å². The summed E-state index contributed by atoms with van der Waals surface area (Å²) in [6.07, 6.45) is 3.35. The largest absolute Gasteiger partial charge is 0.265 e. The van der Waals surface area contributed by atoms with Crippen LogP contribution in [0.2, 0.25) is 5.02 Å². The topological polar surface area (TPSA) is 67.4 Å². The summed E-state index contributed by atoms with van der Waals surface area (Å²) >= 11 is 5.88. The lowest BCUT2D eigenvalue weighted by atomic mass is 10.1. The molecule has 1 aromatic carbocycles. The van der Waals surface area contributed by atoms with Crippen LogP contribution in [0.4, 0.5) is 0 Å². The van der Waals surface area contributed by atoms with Crippen LogP contribution in [-0.2, 0) is 6.54 Å². The fourth-order valence-electron chi connectivity index (χ4n) is 2.06. The van der Waals surface area contributed by atoms with E-state index in [-0.39, 0.29) is 0 Å². The molecule has 0 spiro atoms. The number of nitriles is 1. The van der Waals surface area contributed by atoms with Gasteiger partial charge in [0.1, 0.15) is 11.8 Å². The van der Waals surface area contributed by atoms with Crippen molar-refractivity contribution in [3.8, 4) is 17.3 Å². The number of hydrogen-bond acceptors (Lipinski definition) is 4. The maximum Gasteiger partial charge on any atom is 0.190 e. The van der Waals surface area contributed by atoms with Gasteiger partial charge in [-0.05, 0) is 29.8 Å². The Balaban J connectivity index is 2.02. The van der Waals surface area contributed by atoms with E-state index in [1.807, 2.05) is 36.4 Å². The highest BCUT2D eigenvalue weighted by Gasteiger charge is 2.14. The third-order valence-electron chi connectivity index (χ3n) is 3.04. The molecular formula is C15H10ClN5. The van der Waals surface area contributed by atoms with Crippen molar-refractivity contribution in [3.05, 3.63) is 65.1 Å². The smallest absolute Gasteiger partial charge is 0.190 e. The van der Waals surface area contributed by atoms with Gasteiger partial charge >= 0.3 is 0 Å². The summed E-state index contributed by atoms with van der Waals surface area (Å²) in [5, 5.41) is 17.9. The lowest BCUT2D eigenvalue weighted by molar-refractivity contribution is 0.655. The summed E-state index contributed by atoms with van der Waals surface area (Å²) in [5.74, 6) is 0. The van der Waals surface area contributed by atoms with Gasteiger partial charge in [-0.25, -0.2) is 4.68 Å². The van der Waals surface area contributed by atoms with Gasteiger partial charge in [-0.2, -0.15) is 5.26 Å². The summed E-state index contributed by atoms with van der Waals surface area (Å²) in [7, 11) is 0. The molecule has 21 heavy (non-hydrogen) atoms. The second-order valence-electron chi connectivity index (χ2n) is 4.42. The van der Waals surface area contributed by atoms with Gasteiger partial charge in [0.25, 0.3) is 0 Å². The predicted octanol–water partition coefficient (Wildman–Crippen LogP) is 2.91. The number of nitrogens with zero attached hydrogens (tertiary/aromatic N) is 5. The molecule has 2 aromatic heterocycles. The van der Waals surface area contributed by atoms with Gasteiger partial charge in [-0.1, -0.05) is 28.9 Å². The fourth-order valence-corrected chi connectivity index (χ4v) is 2.18. The molecule has 102 valence electrons. The van der Waals surface area contributed by atoms with E-state index in [9.17, 15) is 5.26 Å². The Morgan fingerprint density at radius 3 is 2.48 bits per heavy atom. The summed E-state index contributed by atoms with van der Waals surface area (Å²) in [5.41, 5.74) is 2.88. The number of benzene rings is 1. The van der Waals surface area contributed by atoms with Crippen LogP contribution < -0.4 is 0 Å². The van der Waals surface area contributed by atoms with Gasteiger partial charge < -0.3 is 0 Å². The Morgan fingerprint density at radius 1 is 1.10 bits per heavy atom. The first-order valence-corrected chi connectivity index (χ1v) is 6.64. The van der Waals surface area contributed by atoms with Crippen molar-refractivity contribution >= 4 is 11.6 Å². The highest BCUT2D eigenvalue weighted by molar-refractivity contribution is 6.30. The van der Waals surface area contributed by atoms with E-state index in [2.05, 4.69) is 21.4 Å². The quantitative estimate of drug-likeness (QED) is 0.745. The molecule has 0 aliphatic carbocycles. The summed E-state index contributed by atoms with van der Waals surface area (Å²) in [6, 6.07) is 13.2. The Kier molecular flexibility index (Phi) is 3.63. The van der Waals surface area contributed by atoms with E-state index < -0.39 is 0 Å². The van der Waals surface area contributed by atoms with Gasteiger partial charge in [0, 0.05) is 23.0 Å². The monoisotopic (exact) mass is 295 g/mol. The molecule has 0 N–H and O–H groups in total. The van der Waals surface area contributed by atoms with Crippen LogP contribution in [0.15, 0.2) is 48.8 Å². The summed E-state index contributed by atoms with van der Waals surface area (Å²) in [6.45, 7) is 0.517. The standard InChI is InChI=1S/C15H10ClN5/c16-13-3-1-11(2-4-13)10-21-15(14(9-17)19-20-21)12-5-7-18-8-6-12/h1-8H,10H2. The molecule has 3 rings (SSSR count). The van der Waals surface area contributed by atoms with Crippen LogP contribution in [0.5, 0.6) is 0 Å². The van der Waals surface area contributed by atoms with Crippen LogP contribution in [-0.4, -0.2) is 20.0 Å². The van der Waals surface area contributed by atoms with Crippen molar-refractivity contribution in [3.63, 3.8) is 0 Å². The molecular weight excluding hydrogens is 286 g/mol. The maximum absolute atomic E-state index is 9.20.